The number of imide groups is 1. The molecular formula is C16H23F2N3O3. The summed E-state index contributed by atoms with van der Waals surface area (Å²) in [6.07, 6.45) is 0.982. The monoisotopic (exact) mass is 343 g/mol. The zero-order valence-corrected chi connectivity index (χ0v) is 13.6. The number of alkyl halides is 2. The maximum atomic E-state index is 12.4. The number of nitrogens with zero attached hydrogens (tertiary/aromatic N) is 3. The molecule has 0 radical (unpaired) electrons. The fourth-order valence-corrected chi connectivity index (χ4v) is 4.00. The molecule has 8 heteroatoms. The number of amides is 3. The number of carbonyl (C=O) groups excluding carboxylic acids is 3. The van der Waals surface area contributed by atoms with Crippen molar-refractivity contribution in [2.24, 2.45) is 11.8 Å². The smallest absolute Gasteiger partial charge is 0.251 e. The van der Waals surface area contributed by atoms with Crippen molar-refractivity contribution in [2.75, 3.05) is 39.3 Å². The van der Waals surface area contributed by atoms with Gasteiger partial charge in [-0.25, -0.2) is 8.78 Å². The third kappa shape index (κ3) is 3.43. The largest absolute Gasteiger partial charge is 0.339 e. The Bertz CT molecular complexity index is 497. The van der Waals surface area contributed by atoms with Crippen LogP contribution in [-0.4, -0.2) is 78.1 Å². The Balaban J connectivity index is 1.54. The van der Waals surface area contributed by atoms with Crippen molar-refractivity contribution < 1.29 is 23.2 Å². The van der Waals surface area contributed by atoms with E-state index in [2.05, 4.69) is 0 Å². The average Bonchev–Trinajstić information content (AvgIpc) is 2.80. The van der Waals surface area contributed by atoms with Crippen molar-refractivity contribution >= 4 is 17.7 Å². The normalized spacial score (nSPS) is 28.6. The van der Waals surface area contributed by atoms with E-state index >= 15 is 0 Å². The molecule has 2 aliphatic heterocycles. The SMILES string of the molecule is O=C(CN1C(=O)C2CCCCC2C1=O)N1CCN(CC(F)F)CC1. The molecule has 0 N–H and O–H groups in total. The number of fused-ring (bicyclic) bond motifs is 1. The highest BCUT2D eigenvalue weighted by Gasteiger charge is 2.48. The molecule has 3 fully saturated rings. The van der Waals surface area contributed by atoms with E-state index in [9.17, 15) is 23.2 Å². The summed E-state index contributed by atoms with van der Waals surface area (Å²) in [5.41, 5.74) is 0. The van der Waals surface area contributed by atoms with Crippen LogP contribution in [0.25, 0.3) is 0 Å². The molecule has 0 bridgehead atoms. The topological polar surface area (TPSA) is 60.9 Å². The zero-order valence-electron chi connectivity index (χ0n) is 13.6. The second-order valence-corrected chi connectivity index (χ2v) is 6.83. The van der Waals surface area contributed by atoms with E-state index < -0.39 is 6.43 Å². The molecule has 134 valence electrons. The van der Waals surface area contributed by atoms with Crippen LogP contribution >= 0.6 is 0 Å². The molecule has 24 heavy (non-hydrogen) atoms. The molecule has 1 aliphatic carbocycles. The summed E-state index contributed by atoms with van der Waals surface area (Å²) in [7, 11) is 0. The van der Waals surface area contributed by atoms with Gasteiger partial charge < -0.3 is 4.90 Å². The lowest BCUT2D eigenvalue weighted by Crippen LogP contribution is -2.52. The van der Waals surface area contributed by atoms with Crippen LogP contribution in [0, 0.1) is 11.8 Å². The maximum Gasteiger partial charge on any atom is 0.251 e. The summed E-state index contributed by atoms with van der Waals surface area (Å²) < 4.78 is 24.7. The Morgan fingerprint density at radius 2 is 1.54 bits per heavy atom. The highest BCUT2D eigenvalue weighted by molar-refractivity contribution is 6.07. The van der Waals surface area contributed by atoms with Crippen LogP contribution in [0.4, 0.5) is 8.78 Å². The summed E-state index contributed by atoms with van der Waals surface area (Å²) in [6, 6.07) is 0. The summed E-state index contributed by atoms with van der Waals surface area (Å²) in [5.74, 6) is -1.19. The van der Waals surface area contributed by atoms with E-state index in [4.69, 9.17) is 0 Å². The molecule has 2 atom stereocenters. The van der Waals surface area contributed by atoms with Crippen molar-refractivity contribution in [3.63, 3.8) is 0 Å². The van der Waals surface area contributed by atoms with E-state index in [0.29, 0.717) is 26.2 Å². The van der Waals surface area contributed by atoms with Gasteiger partial charge in [0, 0.05) is 26.2 Å². The Hall–Kier alpha value is -1.57. The molecule has 1 saturated carbocycles. The van der Waals surface area contributed by atoms with Crippen molar-refractivity contribution in [1.29, 1.82) is 0 Å². The van der Waals surface area contributed by atoms with Gasteiger partial charge in [0.25, 0.3) is 6.43 Å². The van der Waals surface area contributed by atoms with Crippen LogP contribution in [-0.2, 0) is 14.4 Å². The third-order valence-electron chi connectivity index (χ3n) is 5.35. The predicted octanol–water partition coefficient (Wildman–Crippen LogP) is 0.571. The zero-order chi connectivity index (χ0) is 17.3. The van der Waals surface area contributed by atoms with Gasteiger partial charge >= 0.3 is 0 Å². The number of carbonyl (C=O) groups is 3. The second-order valence-electron chi connectivity index (χ2n) is 6.83. The lowest BCUT2D eigenvalue weighted by molar-refractivity contribution is -0.147. The van der Waals surface area contributed by atoms with Gasteiger partial charge in [-0.1, -0.05) is 12.8 Å². The van der Waals surface area contributed by atoms with E-state index in [-0.39, 0.29) is 42.6 Å². The van der Waals surface area contributed by atoms with E-state index in [1.54, 1.807) is 9.80 Å². The molecule has 0 aromatic carbocycles. The Labute approximate surface area is 139 Å². The lowest BCUT2D eigenvalue weighted by atomic mass is 9.81. The van der Waals surface area contributed by atoms with Crippen LogP contribution in [0.15, 0.2) is 0 Å². The summed E-state index contributed by atoms with van der Waals surface area (Å²) >= 11 is 0. The fraction of sp³-hybridized carbons (Fsp3) is 0.812. The summed E-state index contributed by atoms with van der Waals surface area (Å²) in [5, 5.41) is 0. The first-order valence-corrected chi connectivity index (χ1v) is 8.61. The van der Waals surface area contributed by atoms with Crippen molar-refractivity contribution in [1.82, 2.24) is 14.7 Å². The first-order chi connectivity index (χ1) is 11.5. The van der Waals surface area contributed by atoms with Gasteiger partial charge in [0.1, 0.15) is 6.54 Å². The van der Waals surface area contributed by atoms with Gasteiger partial charge in [-0.05, 0) is 12.8 Å². The minimum Gasteiger partial charge on any atom is -0.339 e. The van der Waals surface area contributed by atoms with E-state index in [1.165, 1.54) is 0 Å². The first kappa shape index (κ1) is 17.3. The molecule has 0 aromatic heterocycles. The summed E-state index contributed by atoms with van der Waals surface area (Å²) in [4.78, 5) is 41.5. The second kappa shape index (κ2) is 7.13. The van der Waals surface area contributed by atoms with Gasteiger partial charge in [-0.3, -0.25) is 24.2 Å². The third-order valence-corrected chi connectivity index (χ3v) is 5.35. The van der Waals surface area contributed by atoms with Gasteiger partial charge in [0.2, 0.25) is 17.7 Å². The van der Waals surface area contributed by atoms with Crippen molar-refractivity contribution in [3.05, 3.63) is 0 Å². The number of hydrogen-bond acceptors (Lipinski definition) is 4. The fourth-order valence-electron chi connectivity index (χ4n) is 4.00. The number of piperazine rings is 1. The van der Waals surface area contributed by atoms with Gasteiger partial charge in [-0.15, -0.1) is 0 Å². The quantitative estimate of drug-likeness (QED) is 0.701. The van der Waals surface area contributed by atoms with E-state index in [0.717, 1.165) is 30.6 Å². The molecule has 3 aliphatic rings. The van der Waals surface area contributed by atoms with Gasteiger partial charge in [-0.2, -0.15) is 0 Å². The van der Waals surface area contributed by atoms with Crippen molar-refractivity contribution in [3.8, 4) is 0 Å². The van der Waals surface area contributed by atoms with Crippen LogP contribution in [0.3, 0.4) is 0 Å². The Morgan fingerprint density at radius 3 is 2.04 bits per heavy atom. The minimum atomic E-state index is -2.38. The highest BCUT2D eigenvalue weighted by atomic mass is 19.3. The molecule has 3 rings (SSSR count). The molecule has 0 aromatic rings. The summed E-state index contributed by atoms with van der Waals surface area (Å²) in [6.45, 7) is 1.00. The van der Waals surface area contributed by atoms with Crippen LogP contribution < -0.4 is 0 Å². The van der Waals surface area contributed by atoms with Crippen molar-refractivity contribution in [2.45, 2.75) is 32.1 Å². The van der Waals surface area contributed by atoms with Crippen LogP contribution in [0.2, 0.25) is 0 Å². The number of halogens is 2. The first-order valence-electron chi connectivity index (χ1n) is 8.61. The molecule has 6 nitrogen and oxygen atoms in total. The molecule has 2 unspecified atom stereocenters. The number of likely N-dealkylation sites (tertiary alicyclic amines) is 1. The molecule has 2 heterocycles. The number of rotatable bonds is 4. The van der Waals surface area contributed by atoms with Crippen LogP contribution in [0.1, 0.15) is 25.7 Å². The molecule has 2 saturated heterocycles. The lowest BCUT2D eigenvalue weighted by Gasteiger charge is -2.35. The molecule has 3 amide bonds. The average molecular weight is 343 g/mol. The number of hydrogen-bond donors (Lipinski definition) is 0. The highest BCUT2D eigenvalue weighted by Crippen LogP contribution is 2.37. The Kier molecular flexibility index (Phi) is 5.12. The standard InChI is InChI=1S/C16H23F2N3O3/c17-13(18)9-19-5-7-20(8-6-19)14(22)10-21-15(23)11-3-1-2-4-12(11)16(21)24/h11-13H,1-10H2. The molecular weight excluding hydrogens is 320 g/mol. The van der Waals surface area contributed by atoms with Gasteiger partial charge in [0.15, 0.2) is 0 Å². The van der Waals surface area contributed by atoms with E-state index in [1.807, 2.05) is 0 Å². The minimum absolute atomic E-state index is 0.209. The maximum absolute atomic E-state index is 12.4. The van der Waals surface area contributed by atoms with Crippen LogP contribution in [0.5, 0.6) is 0 Å². The molecule has 0 spiro atoms. The van der Waals surface area contributed by atoms with Gasteiger partial charge in [0.05, 0.1) is 18.4 Å². The predicted molar refractivity (Wildman–Crippen MR) is 81.2 cm³/mol. The Morgan fingerprint density at radius 1 is 1.00 bits per heavy atom.